The van der Waals surface area contributed by atoms with Crippen LogP contribution in [0.2, 0.25) is 0 Å². The van der Waals surface area contributed by atoms with Crippen LogP contribution in [0.1, 0.15) is 47.3 Å². The molecular weight excluding hydrogens is 366 g/mol. The van der Waals surface area contributed by atoms with E-state index in [9.17, 15) is 4.79 Å². The second kappa shape index (κ2) is 8.82. The third kappa shape index (κ3) is 4.11. The average Bonchev–Trinajstić information content (AvgIpc) is 2.73. The number of carbonyl (C=O) groups excluding carboxylic acids is 1. The van der Waals surface area contributed by atoms with Crippen molar-refractivity contribution in [1.29, 1.82) is 0 Å². The predicted octanol–water partition coefficient (Wildman–Crippen LogP) is 4.61. The highest BCUT2D eigenvalue weighted by Crippen LogP contribution is 2.35. The molecule has 3 aromatic rings. The van der Waals surface area contributed by atoms with Gasteiger partial charge in [-0.15, -0.1) is 0 Å². The number of methoxy groups -OCH3 is 2. The van der Waals surface area contributed by atoms with E-state index in [1.165, 1.54) is 0 Å². The largest absolute Gasteiger partial charge is 0.493 e. The lowest BCUT2D eigenvalue weighted by Crippen LogP contribution is -2.14. The summed E-state index contributed by atoms with van der Waals surface area (Å²) in [5.41, 5.74) is 9.62. The van der Waals surface area contributed by atoms with Crippen LogP contribution in [0.3, 0.4) is 0 Å². The van der Waals surface area contributed by atoms with Gasteiger partial charge >= 0.3 is 0 Å². The van der Waals surface area contributed by atoms with Gasteiger partial charge in [0.2, 0.25) is 0 Å². The number of amides is 1. The van der Waals surface area contributed by atoms with Crippen molar-refractivity contribution < 1.29 is 14.3 Å². The van der Waals surface area contributed by atoms with Gasteiger partial charge in [-0.25, -0.2) is 0 Å². The number of rotatable bonds is 8. The third-order valence-electron chi connectivity index (χ3n) is 5.06. The normalized spacial score (nSPS) is 11.9. The number of nitrogens with zero attached hydrogens (tertiary/aromatic N) is 1. The van der Waals surface area contributed by atoms with Crippen molar-refractivity contribution in [2.45, 2.75) is 32.7 Å². The average molecular weight is 393 g/mol. The SMILES string of the molecule is CCC[C@@H](Nc1c(C)cnc2c(C(N)=O)cccc12)c1ccc(OC)c(OC)c1. The number of nitrogens with two attached hydrogens (primary N) is 1. The molecule has 2 aromatic carbocycles. The van der Waals surface area contributed by atoms with Gasteiger partial charge in [-0.3, -0.25) is 9.78 Å². The summed E-state index contributed by atoms with van der Waals surface area (Å²) in [7, 11) is 3.26. The quantitative estimate of drug-likeness (QED) is 0.583. The molecule has 0 radical (unpaired) electrons. The summed E-state index contributed by atoms with van der Waals surface area (Å²) < 4.78 is 10.8. The molecule has 0 aliphatic rings. The second-order valence-corrected chi connectivity index (χ2v) is 6.98. The number of aromatic nitrogens is 1. The number of hydrogen-bond acceptors (Lipinski definition) is 5. The predicted molar refractivity (Wildman–Crippen MR) is 116 cm³/mol. The summed E-state index contributed by atoms with van der Waals surface area (Å²) in [6.45, 7) is 4.15. The van der Waals surface area contributed by atoms with E-state index in [4.69, 9.17) is 15.2 Å². The number of nitrogens with one attached hydrogen (secondary N) is 1. The number of carbonyl (C=O) groups is 1. The van der Waals surface area contributed by atoms with Crippen molar-refractivity contribution in [3.8, 4) is 11.5 Å². The Morgan fingerprint density at radius 2 is 1.93 bits per heavy atom. The summed E-state index contributed by atoms with van der Waals surface area (Å²) in [5.74, 6) is 0.909. The zero-order chi connectivity index (χ0) is 21.0. The Hall–Kier alpha value is -3.28. The Morgan fingerprint density at radius 1 is 1.17 bits per heavy atom. The van der Waals surface area contributed by atoms with Crippen molar-refractivity contribution in [2.75, 3.05) is 19.5 Å². The Morgan fingerprint density at radius 3 is 2.59 bits per heavy atom. The molecule has 152 valence electrons. The Kier molecular flexibility index (Phi) is 6.22. The van der Waals surface area contributed by atoms with Crippen molar-refractivity contribution in [3.63, 3.8) is 0 Å². The first kappa shape index (κ1) is 20.5. The summed E-state index contributed by atoms with van der Waals surface area (Å²) in [4.78, 5) is 16.3. The molecule has 3 rings (SSSR count). The number of fused-ring (bicyclic) bond motifs is 1. The molecule has 1 aromatic heterocycles. The highest BCUT2D eigenvalue weighted by atomic mass is 16.5. The molecule has 1 heterocycles. The first-order chi connectivity index (χ1) is 14.0. The number of hydrogen-bond donors (Lipinski definition) is 2. The van der Waals surface area contributed by atoms with Crippen LogP contribution in [0, 0.1) is 6.92 Å². The number of ether oxygens (including phenoxy) is 2. The lowest BCUT2D eigenvalue weighted by atomic mass is 9.99. The number of benzene rings is 2. The standard InChI is InChI=1S/C23H27N3O3/c1-5-7-18(15-10-11-19(28-3)20(12-15)29-4)26-21-14(2)13-25-22-16(21)8-6-9-17(22)23(24)27/h6,8-13,18H,5,7H2,1-4H3,(H2,24,27)(H,25,26)/t18-/m1/s1. The van der Waals surface area contributed by atoms with Crippen LogP contribution in [-0.2, 0) is 0 Å². The first-order valence-corrected chi connectivity index (χ1v) is 9.66. The smallest absolute Gasteiger partial charge is 0.250 e. The fourth-order valence-corrected chi connectivity index (χ4v) is 3.57. The maximum absolute atomic E-state index is 11.8. The monoisotopic (exact) mass is 393 g/mol. The molecule has 0 bridgehead atoms. The summed E-state index contributed by atoms with van der Waals surface area (Å²) in [6.07, 6.45) is 3.70. The lowest BCUT2D eigenvalue weighted by molar-refractivity contribution is 0.100. The van der Waals surface area contributed by atoms with Crippen molar-refractivity contribution in [1.82, 2.24) is 4.98 Å². The molecular formula is C23H27N3O3. The van der Waals surface area contributed by atoms with E-state index in [2.05, 4.69) is 17.2 Å². The van der Waals surface area contributed by atoms with Gasteiger partial charge in [-0.05, 0) is 42.7 Å². The van der Waals surface area contributed by atoms with E-state index < -0.39 is 5.91 Å². The maximum Gasteiger partial charge on any atom is 0.250 e. The van der Waals surface area contributed by atoms with Crippen LogP contribution in [-0.4, -0.2) is 25.1 Å². The Bertz CT molecular complexity index is 1030. The van der Waals surface area contributed by atoms with Crippen LogP contribution in [0.25, 0.3) is 10.9 Å². The molecule has 3 N–H and O–H groups in total. The molecule has 1 amide bonds. The van der Waals surface area contributed by atoms with Gasteiger partial charge in [0.25, 0.3) is 5.91 Å². The van der Waals surface area contributed by atoms with Gasteiger partial charge < -0.3 is 20.5 Å². The summed E-state index contributed by atoms with van der Waals surface area (Å²) in [6, 6.07) is 11.5. The van der Waals surface area contributed by atoms with E-state index in [1.54, 1.807) is 26.5 Å². The van der Waals surface area contributed by atoms with Crippen LogP contribution >= 0.6 is 0 Å². The zero-order valence-corrected chi connectivity index (χ0v) is 17.3. The van der Waals surface area contributed by atoms with Crippen molar-refractivity contribution >= 4 is 22.5 Å². The number of para-hydroxylation sites is 1. The van der Waals surface area contributed by atoms with Crippen LogP contribution in [0.4, 0.5) is 5.69 Å². The second-order valence-electron chi connectivity index (χ2n) is 6.98. The fraction of sp³-hybridized carbons (Fsp3) is 0.304. The number of anilines is 1. The van der Waals surface area contributed by atoms with Gasteiger partial charge in [-0.1, -0.05) is 31.5 Å². The fourth-order valence-electron chi connectivity index (χ4n) is 3.57. The maximum atomic E-state index is 11.8. The molecule has 0 aliphatic heterocycles. The lowest BCUT2D eigenvalue weighted by Gasteiger charge is -2.23. The molecule has 0 saturated heterocycles. The van der Waals surface area contributed by atoms with E-state index in [0.717, 1.165) is 35.0 Å². The third-order valence-corrected chi connectivity index (χ3v) is 5.06. The van der Waals surface area contributed by atoms with E-state index in [0.29, 0.717) is 22.6 Å². The molecule has 6 heteroatoms. The molecule has 0 fully saturated rings. The van der Waals surface area contributed by atoms with Crippen LogP contribution in [0.5, 0.6) is 11.5 Å². The van der Waals surface area contributed by atoms with Crippen molar-refractivity contribution in [2.24, 2.45) is 5.73 Å². The van der Waals surface area contributed by atoms with E-state index in [-0.39, 0.29) is 6.04 Å². The number of pyridine rings is 1. The van der Waals surface area contributed by atoms with Gasteiger partial charge in [-0.2, -0.15) is 0 Å². The first-order valence-electron chi connectivity index (χ1n) is 9.66. The van der Waals surface area contributed by atoms with Crippen LogP contribution < -0.4 is 20.5 Å². The van der Waals surface area contributed by atoms with Gasteiger partial charge in [0.15, 0.2) is 11.5 Å². The van der Waals surface area contributed by atoms with Crippen LogP contribution in [0.15, 0.2) is 42.6 Å². The summed E-state index contributed by atoms with van der Waals surface area (Å²) in [5, 5.41) is 4.55. The Balaban J connectivity index is 2.08. The zero-order valence-electron chi connectivity index (χ0n) is 17.3. The molecule has 0 aliphatic carbocycles. The molecule has 0 unspecified atom stereocenters. The van der Waals surface area contributed by atoms with Crippen molar-refractivity contribution in [3.05, 3.63) is 59.3 Å². The topological polar surface area (TPSA) is 86.5 Å². The number of aryl methyl sites for hydroxylation is 1. The minimum absolute atomic E-state index is 0.0568. The highest BCUT2D eigenvalue weighted by Gasteiger charge is 2.18. The molecule has 0 spiro atoms. The number of primary amides is 1. The van der Waals surface area contributed by atoms with E-state index in [1.807, 2.05) is 37.3 Å². The molecule has 29 heavy (non-hydrogen) atoms. The van der Waals surface area contributed by atoms with Gasteiger partial charge in [0, 0.05) is 17.3 Å². The van der Waals surface area contributed by atoms with Gasteiger partial charge in [0.1, 0.15) is 0 Å². The highest BCUT2D eigenvalue weighted by molar-refractivity contribution is 6.08. The van der Waals surface area contributed by atoms with E-state index >= 15 is 0 Å². The molecule has 6 nitrogen and oxygen atoms in total. The van der Waals surface area contributed by atoms with Gasteiger partial charge in [0.05, 0.1) is 31.3 Å². The minimum atomic E-state index is -0.483. The Labute approximate surface area is 171 Å². The molecule has 1 atom stereocenters. The molecule has 0 saturated carbocycles. The minimum Gasteiger partial charge on any atom is -0.493 e. The summed E-state index contributed by atoms with van der Waals surface area (Å²) >= 11 is 0.